The Balaban J connectivity index is 2.06. The first kappa shape index (κ1) is 16.1. The van der Waals surface area contributed by atoms with Crippen LogP contribution in [-0.2, 0) is 6.54 Å². The fourth-order valence-corrected chi connectivity index (χ4v) is 1.85. The Hall–Kier alpha value is -2.31. The second-order valence-electron chi connectivity index (χ2n) is 4.68. The maximum atomic E-state index is 12.8. The number of carbonyl (C=O) groups excluding carboxylic acids is 1. The smallest absolute Gasteiger partial charge is 0.340 e. The molecule has 7 heteroatoms. The molecule has 0 spiro atoms. The number of rotatable bonds is 7. The highest BCUT2D eigenvalue weighted by Crippen LogP contribution is 2.24. The van der Waals surface area contributed by atoms with E-state index in [-0.39, 0.29) is 5.75 Å². The van der Waals surface area contributed by atoms with Crippen molar-refractivity contribution in [1.29, 1.82) is 0 Å². The molecular weight excluding hydrogens is 302 g/mol. The van der Waals surface area contributed by atoms with Gasteiger partial charge in [0.15, 0.2) is 12.9 Å². The summed E-state index contributed by atoms with van der Waals surface area (Å²) in [5.74, 6) is -4.13. The molecule has 1 heterocycles. The number of alkyl halides is 4. The topological polar surface area (TPSA) is 31.2 Å². The minimum atomic E-state index is -4.19. The van der Waals surface area contributed by atoms with Crippen molar-refractivity contribution in [3.63, 3.8) is 0 Å². The van der Waals surface area contributed by atoms with Crippen molar-refractivity contribution in [1.82, 2.24) is 4.57 Å². The van der Waals surface area contributed by atoms with Crippen molar-refractivity contribution in [3.05, 3.63) is 53.9 Å². The quantitative estimate of drug-likeness (QED) is 0.577. The molecule has 1 aromatic heterocycles. The first-order valence-electron chi connectivity index (χ1n) is 6.40. The molecule has 0 bridgehead atoms. The molecular formula is C15H13F4NO2. The summed E-state index contributed by atoms with van der Waals surface area (Å²) in [4.78, 5) is 10.8. The Morgan fingerprint density at radius 2 is 2.00 bits per heavy atom. The molecule has 0 fully saturated rings. The monoisotopic (exact) mass is 315 g/mol. The highest BCUT2D eigenvalue weighted by atomic mass is 19.3. The van der Waals surface area contributed by atoms with Crippen LogP contribution in [0.3, 0.4) is 0 Å². The van der Waals surface area contributed by atoms with E-state index in [9.17, 15) is 22.4 Å². The third-order valence-corrected chi connectivity index (χ3v) is 2.99. The molecule has 0 unspecified atom stereocenters. The van der Waals surface area contributed by atoms with Gasteiger partial charge in [-0.15, -0.1) is 0 Å². The van der Waals surface area contributed by atoms with Gasteiger partial charge in [0.05, 0.1) is 5.69 Å². The molecule has 3 nitrogen and oxygen atoms in total. The van der Waals surface area contributed by atoms with E-state index in [0.29, 0.717) is 24.1 Å². The molecule has 118 valence electrons. The number of nitrogens with zero attached hydrogens (tertiary/aromatic N) is 1. The Morgan fingerprint density at radius 3 is 2.68 bits per heavy atom. The number of hydrogen-bond acceptors (Lipinski definition) is 2. The van der Waals surface area contributed by atoms with Gasteiger partial charge in [-0.1, -0.05) is 12.1 Å². The summed E-state index contributed by atoms with van der Waals surface area (Å²) in [6, 6.07) is 9.49. The van der Waals surface area contributed by atoms with Crippen LogP contribution in [0.1, 0.15) is 16.1 Å². The third kappa shape index (κ3) is 3.87. The van der Waals surface area contributed by atoms with Crippen molar-refractivity contribution in [2.24, 2.45) is 0 Å². The molecule has 0 atom stereocenters. The van der Waals surface area contributed by atoms with Crippen LogP contribution in [-0.4, -0.2) is 29.8 Å². The Bertz CT molecular complexity index is 640. The van der Waals surface area contributed by atoms with Gasteiger partial charge in [0, 0.05) is 12.7 Å². The lowest BCUT2D eigenvalue weighted by Crippen LogP contribution is -2.33. The van der Waals surface area contributed by atoms with Gasteiger partial charge in [0.2, 0.25) is 0 Å². The number of benzene rings is 1. The van der Waals surface area contributed by atoms with Crippen LogP contribution < -0.4 is 4.74 Å². The second kappa shape index (κ2) is 6.64. The minimum Gasteiger partial charge on any atom is -0.487 e. The van der Waals surface area contributed by atoms with Gasteiger partial charge in [-0.05, 0) is 29.8 Å². The number of halogens is 4. The van der Waals surface area contributed by atoms with Crippen LogP contribution in [0.5, 0.6) is 5.75 Å². The zero-order valence-electron chi connectivity index (χ0n) is 11.4. The van der Waals surface area contributed by atoms with Gasteiger partial charge in [0.1, 0.15) is 5.75 Å². The zero-order valence-corrected chi connectivity index (χ0v) is 11.4. The van der Waals surface area contributed by atoms with Crippen molar-refractivity contribution < 1.29 is 27.1 Å². The highest BCUT2D eigenvalue weighted by molar-refractivity contribution is 5.72. The molecule has 0 radical (unpaired) electrons. The van der Waals surface area contributed by atoms with Gasteiger partial charge in [-0.25, -0.2) is 8.78 Å². The van der Waals surface area contributed by atoms with E-state index < -0.39 is 19.0 Å². The summed E-state index contributed by atoms with van der Waals surface area (Å²) >= 11 is 0. The largest absolute Gasteiger partial charge is 0.487 e. The van der Waals surface area contributed by atoms with Crippen LogP contribution in [0, 0.1) is 0 Å². The lowest BCUT2D eigenvalue weighted by Gasteiger charge is -2.16. The summed E-state index contributed by atoms with van der Waals surface area (Å²) in [5.41, 5.74) is 1.16. The van der Waals surface area contributed by atoms with E-state index in [0.717, 1.165) is 0 Å². The molecule has 2 aromatic rings. The molecule has 0 N–H and O–H groups in total. The maximum absolute atomic E-state index is 12.8. The lowest BCUT2D eigenvalue weighted by atomic mass is 10.2. The highest BCUT2D eigenvalue weighted by Gasteiger charge is 2.41. The molecule has 0 saturated carbocycles. The number of aldehydes is 1. The molecule has 0 aliphatic rings. The van der Waals surface area contributed by atoms with Crippen molar-refractivity contribution in [3.8, 4) is 5.75 Å². The third-order valence-electron chi connectivity index (χ3n) is 2.99. The second-order valence-corrected chi connectivity index (χ2v) is 4.68. The first-order valence-corrected chi connectivity index (χ1v) is 6.40. The van der Waals surface area contributed by atoms with Gasteiger partial charge < -0.3 is 9.30 Å². The van der Waals surface area contributed by atoms with Crippen LogP contribution in [0.15, 0.2) is 42.6 Å². The van der Waals surface area contributed by atoms with E-state index in [1.807, 2.05) is 0 Å². The Kier molecular flexibility index (Phi) is 4.85. The Labute approximate surface area is 124 Å². The fraction of sp³-hybridized carbons (Fsp3) is 0.267. The van der Waals surface area contributed by atoms with E-state index >= 15 is 0 Å². The standard InChI is InChI=1S/C15H13F4NO2/c16-14(17)15(18,19)10-22-13-5-1-3-11(7-13)8-20-6-2-4-12(20)9-21/h1-7,9,14H,8,10H2. The molecule has 22 heavy (non-hydrogen) atoms. The van der Waals surface area contributed by atoms with E-state index in [1.54, 1.807) is 35.0 Å². The zero-order chi connectivity index (χ0) is 16.2. The lowest BCUT2D eigenvalue weighted by molar-refractivity contribution is -0.148. The van der Waals surface area contributed by atoms with E-state index in [2.05, 4.69) is 0 Å². The molecule has 1 aromatic carbocycles. The van der Waals surface area contributed by atoms with E-state index in [1.165, 1.54) is 12.1 Å². The summed E-state index contributed by atoms with van der Waals surface area (Å²) in [6.07, 6.45) is -1.38. The SMILES string of the molecule is O=Cc1cccn1Cc1cccc(OCC(F)(F)C(F)F)c1. The molecule has 2 rings (SSSR count). The summed E-state index contributed by atoms with van der Waals surface area (Å²) in [7, 11) is 0. The number of carbonyl (C=O) groups is 1. The first-order chi connectivity index (χ1) is 10.4. The van der Waals surface area contributed by atoms with Crippen LogP contribution in [0.4, 0.5) is 17.6 Å². The van der Waals surface area contributed by atoms with Gasteiger partial charge in [0.25, 0.3) is 0 Å². The van der Waals surface area contributed by atoms with Crippen LogP contribution >= 0.6 is 0 Å². The fourth-order valence-electron chi connectivity index (χ4n) is 1.85. The maximum Gasteiger partial charge on any atom is 0.340 e. The van der Waals surface area contributed by atoms with Crippen LogP contribution in [0.25, 0.3) is 0 Å². The molecule has 0 aliphatic carbocycles. The van der Waals surface area contributed by atoms with Crippen molar-refractivity contribution in [2.45, 2.75) is 18.9 Å². The molecule has 0 saturated heterocycles. The predicted octanol–water partition coefficient (Wildman–Crippen LogP) is 3.63. The van der Waals surface area contributed by atoms with Crippen LogP contribution in [0.2, 0.25) is 0 Å². The van der Waals surface area contributed by atoms with Gasteiger partial charge in [-0.3, -0.25) is 4.79 Å². The average Bonchev–Trinajstić information content (AvgIpc) is 2.93. The van der Waals surface area contributed by atoms with Gasteiger partial charge >= 0.3 is 12.3 Å². The summed E-state index contributed by atoms with van der Waals surface area (Å²) in [5, 5.41) is 0. The van der Waals surface area contributed by atoms with Gasteiger partial charge in [-0.2, -0.15) is 8.78 Å². The van der Waals surface area contributed by atoms with Crippen molar-refractivity contribution in [2.75, 3.05) is 6.61 Å². The van der Waals surface area contributed by atoms with E-state index in [4.69, 9.17) is 4.74 Å². The average molecular weight is 315 g/mol. The molecule has 0 amide bonds. The summed E-state index contributed by atoms with van der Waals surface area (Å²) < 4.78 is 56.2. The van der Waals surface area contributed by atoms with Crippen molar-refractivity contribution >= 4 is 6.29 Å². The Morgan fingerprint density at radius 1 is 1.23 bits per heavy atom. The summed E-state index contributed by atoms with van der Waals surface area (Å²) in [6.45, 7) is -1.05. The number of hydrogen-bond donors (Lipinski definition) is 0. The predicted molar refractivity (Wildman–Crippen MR) is 71.8 cm³/mol. The number of ether oxygens (including phenoxy) is 1. The normalized spacial score (nSPS) is 11.7. The minimum absolute atomic E-state index is 0.0673. The number of aromatic nitrogens is 1. The molecule has 0 aliphatic heterocycles.